The van der Waals surface area contributed by atoms with Crippen LogP contribution in [0.3, 0.4) is 0 Å². The van der Waals surface area contributed by atoms with E-state index in [-0.39, 0.29) is 13.2 Å². The first-order chi connectivity index (χ1) is 16.7. The highest BCUT2D eigenvalue weighted by Gasteiger charge is 2.18. The molecule has 0 aliphatic heterocycles. The minimum absolute atomic E-state index is 0.0129. The van der Waals surface area contributed by atoms with Crippen LogP contribution in [0.5, 0.6) is 5.75 Å². The topological polar surface area (TPSA) is 147 Å². The number of aromatic nitrogens is 4. The van der Waals surface area contributed by atoms with Crippen molar-refractivity contribution in [3.63, 3.8) is 0 Å². The van der Waals surface area contributed by atoms with Crippen LogP contribution in [0.1, 0.15) is 30.7 Å². The van der Waals surface area contributed by atoms with E-state index in [9.17, 15) is 9.90 Å². The van der Waals surface area contributed by atoms with Gasteiger partial charge < -0.3 is 29.7 Å². The number of nitrogens with one attached hydrogen (secondary N) is 1. The van der Waals surface area contributed by atoms with Crippen molar-refractivity contribution >= 4 is 11.9 Å². The van der Waals surface area contributed by atoms with Crippen molar-refractivity contribution in [2.24, 2.45) is 0 Å². The second-order valence-corrected chi connectivity index (χ2v) is 8.16. The molecule has 1 atom stereocenters. The zero-order chi connectivity index (χ0) is 25.5. The van der Waals surface area contributed by atoms with E-state index in [4.69, 9.17) is 14.4 Å². The predicted molar refractivity (Wildman–Crippen MR) is 130 cm³/mol. The van der Waals surface area contributed by atoms with E-state index in [0.29, 0.717) is 29.1 Å². The standard InChI is InChI=1S/C24H32N6O5/c1-6-30(7-2)24-26-16(5)10-19(27-24)23-28-22(29-35-23)17-8-14(3)21(15(4)9-17)34-13-18(32)11-25-20(33)12-31/h8-10,18,31-32H,6-7,11-13H2,1-5H3,(H,25,33)/t18-/m0/s1. The molecule has 3 aromatic rings. The Morgan fingerprint density at radius 2 is 1.80 bits per heavy atom. The summed E-state index contributed by atoms with van der Waals surface area (Å²) in [7, 11) is 0. The molecule has 2 aromatic heterocycles. The zero-order valence-corrected chi connectivity index (χ0v) is 20.7. The van der Waals surface area contributed by atoms with Crippen LogP contribution in [-0.2, 0) is 4.79 Å². The molecule has 0 aliphatic carbocycles. The smallest absolute Gasteiger partial charge is 0.277 e. The zero-order valence-electron chi connectivity index (χ0n) is 20.7. The molecule has 2 heterocycles. The normalized spacial score (nSPS) is 11.9. The quantitative estimate of drug-likeness (QED) is 0.368. The molecule has 3 N–H and O–H groups in total. The summed E-state index contributed by atoms with van der Waals surface area (Å²) in [5.41, 5.74) is 3.80. The van der Waals surface area contributed by atoms with E-state index in [1.165, 1.54) is 0 Å². The van der Waals surface area contributed by atoms with E-state index >= 15 is 0 Å². The van der Waals surface area contributed by atoms with Crippen LogP contribution in [0, 0.1) is 20.8 Å². The maximum absolute atomic E-state index is 11.1. The van der Waals surface area contributed by atoms with Gasteiger partial charge in [-0.25, -0.2) is 9.97 Å². The average molecular weight is 485 g/mol. The second kappa shape index (κ2) is 11.7. The van der Waals surface area contributed by atoms with Crippen LogP contribution in [0.15, 0.2) is 22.7 Å². The number of hydrogen-bond acceptors (Lipinski definition) is 10. The Kier molecular flexibility index (Phi) is 8.72. The third kappa shape index (κ3) is 6.52. The molecule has 0 saturated heterocycles. The van der Waals surface area contributed by atoms with Crippen molar-refractivity contribution in [2.45, 2.75) is 40.7 Å². The third-order valence-electron chi connectivity index (χ3n) is 5.35. The lowest BCUT2D eigenvalue weighted by molar-refractivity contribution is -0.124. The number of benzene rings is 1. The number of carbonyl (C=O) groups is 1. The molecule has 1 amide bonds. The van der Waals surface area contributed by atoms with Gasteiger partial charge in [-0.3, -0.25) is 4.79 Å². The van der Waals surface area contributed by atoms with E-state index in [0.717, 1.165) is 35.5 Å². The molecule has 0 spiro atoms. The third-order valence-corrected chi connectivity index (χ3v) is 5.35. The van der Waals surface area contributed by atoms with Gasteiger partial charge in [0.25, 0.3) is 5.89 Å². The minimum Gasteiger partial charge on any atom is -0.490 e. The average Bonchev–Trinajstić information content (AvgIpc) is 3.33. The molecule has 0 saturated carbocycles. The summed E-state index contributed by atoms with van der Waals surface area (Å²) >= 11 is 0. The van der Waals surface area contributed by atoms with Gasteiger partial charge in [-0.2, -0.15) is 4.98 Å². The fourth-order valence-corrected chi connectivity index (χ4v) is 3.59. The number of rotatable bonds is 11. The summed E-state index contributed by atoms with van der Waals surface area (Å²) in [5.74, 6) is 1.42. The molecule has 0 bridgehead atoms. The van der Waals surface area contributed by atoms with Gasteiger partial charge in [0.05, 0.1) is 0 Å². The van der Waals surface area contributed by atoms with Crippen LogP contribution in [0.2, 0.25) is 0 Å². The highest BCUT2D eigenvalue weighted by atomic mass is 16.5. The number of aryl methyl sites for hydroxylation is 3. The van der Waals surface area contributed by atoms with Crippen molar-refractivity contribution in [2.75, 3.05) is 37.7 Å². The molecule has 11 nitrogen and oxygen atoms in total. The predicted octanol–water partition coefficient (Wildman–Crippen LogP) is 1.81. The van der Waals surface area contributed by atoms with Gasteiger partial charge in [0.15, 0.2) is 0 Å². The Balaban J connectivity index is 1.77. The number of aliphatic hydroxyl groups is 2. The Hall–Kier alpha value is -3.57. The van der Waals surface area contributed by atoms with Crippen LogP contribution in [-0.4, -0.2) is 75.2 Å². The number of aliphatic hydroxyl groups excluding tert-OH is 2. The molecule has 11 heteroatoms. The highest BCUT2D eigenvalue weighted by molar-refractivity contribution is 5.76. The van der Waals surface area contributed by atoms with E-state index in [1.54, 1.807) is 0 Å². The van der Waals surface area contributed by atoms with Crippen LogP contribution < -0.4 is 15.0 Å². The van der Waals surface area contributed by atoms with Crippen LogP contribution in [0.4, 0.5) is 5.95 Å². The molecule has 0 fully saturated rings. The highest BCUT2D eigenvalue weighted by Crippen LogP contribution is 2.30. The molecule has 0 radical (unpaired) electrons. The lowest BCUT2D eigenvalue weighted by Gasteiger charge is -2.18. The molecule has 1 aromatic carbocycles. The molecule has 3 rings (SSSR count). The number of anilines is 1. The lowest BCUT2D eigenvalue weighted by Crippen LogP contribution is -2.36. The monoisotopic (exact) mass is 484 g/mol. The van der Waals surface area contributed by atoms with E-state index in [1.807, 2.05) is 52.8 Å². The van der Waals surface area contributed by atoms with Crippen molar-refractivity contribution in [1.29, 1.82) is 0 Å². The summed E-state index contributed by atoms with van der Waals surface area (Å²) < 4.78 is 11.3. The van der Waals surface area contributed by atoms with Crippen molar-refractivity contribution in [3.8, 4) is 28.7 Å². The number of amides is 1. The number of ether oxygens (including phenoxy) is 1. The summed E-state index contributed by atoms with van der Waals surface area (Å²) in [5, 5.41) is 25.3. The summed E-state index contributed by atoms with van der Waals surface area (Å²) in [6, 6.07) is 5.57. The fourth-order valence-electron chi connectivity index (χ4n) is 3.59. The van der Waals surface area contributed by atoms with E-state index in [2.05, 4.69) is 30.3 Å². The Morgan fingerprint density at radius 3 is 2.43 bits per heavy atom. The van der Waals surface area contributed by atoms with Crippen LogP contribution in [0.25, 0.3) is 23.0 Å². The maximum atomic E-state index is 11.1. The molecule has 35 heavy (non-hydrogen) atoms. The van der Waals surface area contributed by atoms with Crippen molar-refractivity contribution < 1.29 is 24.3 Å². The molecule has 188 valence electrons. The van der Waals surface area contributed by atoms with Crippen LogP contribution >= 0.6 is 0 Å². The first kappa shape index (κ1) is 26.0. The van der Waals surface area contributed by atoms with Gasteiger partial charge >= 0.3 is 0 Å². The second-order valence-electron chi connectivity index (χ2n) is 8.16. The molecule has 0 aliphatic rings. The van der Waals surface area contributed by atoms with Crippen molar-refractivity contribution in [3.05, 3.63) is 35.0 Å². The molecular formula is C24H32N6O5. The Labute approximate surface area is 204 Å². The number of nitrogens with zero attached hydrogens (tertiary/aromatic N) is 5. The van der Waals surface area contributed by atoms with Gasteiger partial charge in [0.1, 0.15) is 30.8 Å². The SMILES string of the molecule is CCN(CC)c1nc(C)cc(-c2nc(-c3cc(C)c(OC[C@@H](O)CNC(=O)CO)c(C)c3)no2)n1. The Morgan fingerprint density at radius 1 is 1.11 bits per heavy atom. The van der Waals surface area contributed by atoms with Gasteiger partial charge in [-0.15, -0.1) is 0 Å². The largest absolute Gasteiger partial charge is 0.490 e. The van der Waals surface area contributed by atoms with Gasteiger partial charge in [-0.1, -0.05) is 5.16 Å². The number of hydrogen-bond donors (Lipinski definition) is 3. The lowest BCUT2D eigenvalue weighted by atomic mass is 10.1. The maximum Gasteiger partial charge on any atom is 0.277 e. The fraction of sp³-hybridized carbons (Fsp3) is 0.458. The summed E-state index contributed by atoms with van der Waals surface area (Å²) in [6.45, 7) is 10.7. The molecule has 0 unspecified atom stereocenters. The first-order valence-corrected chi connectivity index (χ1v) is 11.5. The van der Waals surface area contributed by atoms with Crippen molar-refractivity contribution in [1.82, 2.24) is 25.4 Å². The van der Waals surface area contributed by atoms with Gasteiger partial charge in [-0.05, 0) is 63.9 Å². The Bertz CT molecular complexity index is 1140. The summed E-state index contributed by atoms with van der Waals surface area (Å²) in [6.07, 6.45) is -0.915. The van der Waals surface area contributed by atoms with Gasteiger partial charge in [0, 0.05) is 30.9 Å². The first-order valence-electron chi connectivity index (χ1n) is 11.5. The summed E-state index contributed by atoms with van der Waals surface area (Å²) in [4.78, 5) is 26.8. The number of carbonyl (C=O) groups excluding carboxylic acids is 1. The molecular weight excluding hydrogens is 452 g/mol. The van der Waals surface area contributed by atoms with Gasteiger partial charge in [0.2, 0.25) is 17.7 Å². The van der Waals surface area contributed by atoms with E-state index < -0.39 is 18.6 Å². The minimum atomic E-state index is -0.915.